The van der Waals surface area contributed by atoms with E-state index in [1.54, 1.807) is 0 Å². The summed E-state index contributed by atoms with van der Waals surface area (Å²) in [6.45, 7) is 6.90. The monoisotopic (exact) mass is 414 g/mol. The van der Waals surface area contributed by atoms with Crippen LogP contribution in [0.1, 0.15) is 30.9 Å². The van der Waals surface area contributed by atoms with Crippen LogP contribution < -0.4 is 10.3 Å². The summed E-state index contributed by atoms with van der Waals surface area (Å²) in [7, 11) is 0. The van der Waals surface area contributed by atoms with Crippen molar-refractivity contribution in [3.8, 4) is 39.5 Å². The quantitative estimate of drug-likeness (QED) is 0.403. The van der Waals surface area contributed by atoms with Crippen molar-refractivity contribution in [1.29, 1.82) is 0 Å². The molecule has 2 aromatic carbocycles. The maximum absolute atomic E-state index is 13.2. The number of unbranched alkanes of at least 4 members (excludes halogenated alkanes) is 1. The summed E-state index contributed by atoms with van der Waals surface area (Å²) < 4.78 is 5.77. The molecule has 2 aromatic heterocycles. The van der Waals surface area contributed by atoms with Crippen LogP contribution in [0.15, 0.2) is 59.7 Å². The van der Waals surface area contributed by atoms with E-state index >= 15 is 0 Å². The van der Waals surface area contributed by atoms with Crippen molar-refractivity contribution in [2.45, 2.75) is 33.6 Å². The van der Waals surface area contributed by atoms with Crippen LogP contribution in [0.25, 0.3) is 33.8 Å². The molecule has 0 radical (unpaired) electrons. The van der Waals surface area contributed by atoms with Gasteiger partial charge in [-0.15, -0.1) is 10.2 Å². The van der Waals surface area contributed by atoms with E-state index in [1.165, 1.54) is 6.33 Å². The minimum Gasteiger partial charge on any atom is -0.494 e. The highest BCUT2D eigenvalue weighted by Gasteiger charge is 2.20. The lowest BCUT2D eigenvalue weighted by atomic mass is 9.92. The topological polar surface area (TPSA) is 83.7 Å². The average molecular weight is 415 g/mol. The molecule has 0 fully saturated rings. The first kappa shape index (κ1) is 20.6. The van der Waals surface area contributed by atoms with Gasteiger partial charge in [0.2, 0.25) is 0 Å². The van der Waals surface area contributed by atoms with Crippen molar-refractivity contribution < 1.29 is 4.74 Å². The van der Waals surface area contributed by atoms with Gasteiger partial charge in [0.05, 0.1) is 17.9 Å². The molecule has 2 heterocycles. The molecule has 0 amide bonds. The molecule has 0 spiro atoms. The molecule has 2 N–H and O–H groups in total. The molecule has 0 atom stereocenters. The van der Waals surface area contributed by atoms with Crippen molar-refractivity contribution in [3.05, 3.63) is 76.3 Å². The lowest BCUT2D eigenvalue weighted by Crippen LogP contribution is -2.14. The molecule has 6 nitrogen and oxygen atoms in total. The zero-order valence-electron chi connectivity index (χ0n) is 18.0. The molecule has 158 valence electrons. The number of H-pyrrole nitrogens is 2. The lowest BCUT2D eigenvalue weighted by molar-refractivity contribution is 0.309. The standard InChI is InChI=1S/C25H26N4O2/c1-4-5-14-31-20-12-10-19(11-13-20)23-17(3)21(18-8-6-16(2)7-9-18)22(25(30)28-23)24-26-15-27-29-24/h6-13,15H,4-5,14H2,1-3H3,(H,28,30)(H,26,27,29). The van der Waals surface area contributed by atoms with E-state index in [0.29, 0.717) is 18.0 Å². The molecule has 31 heavy (non-hydrogen) atoms. The third-order valence-corrected chi connectivity index (χ3v) is 5.37. The maximum Gasteiger partial charge on any atom is 0.260 e. The number of nitrogens with one attached hydrogen (secondary N) is 2. The molecule has 0 unspecified atom stereocenters. The summed E-state index contributed by atoms with van der Waals surface area (Å²) in [5.74, 6) is 1.28. The normalized spacial score (nSPS) is 10.9. The van der Waals surface area contributed by atoms with Gasteiger partial charge in [0.1, 0.15) is 12.1 Å². The molecule has 0 aliphatic carbocycles. The number of aromatic amines is 2. The van der Waals surface area contributed by atoms with Gasteiger partial charge in [-0.05, 0) is 61.2 Å². The zero-order chi connectivity index (χ0) is 21.8. The van der Waals surface area contributed by atoms with Crippen LogP contribution in [0.5, 0.6) is 5.75 Å². The number of hydrogen-bond acceptors (Lipinski definition) is 4. The second-order valence-electron chi connectivity index (χ2n) is 7.63. The molecular formula is C25H26N4O2. The smallest absolute Gasteiger partial charge is 0.260 e. The van der Waals surface area contributed by atoms with Crippen LogP contribution in [0, 0.1) is 13.8 Å². The Morgan fingerprint density at radius 2 is 1.65 bits per heavy atom. The molecular weight excluding hydrogens is 388 g/mol. The number of ether oxygens (including phenoxy) is 1. The van der Waals surface area contributed by atoms with Crippen molar-refractivity contribution in [2.75, 3.05) is 6.61 Å². The van der Waals surface area contributed by atoms with Crippen molar-refractivity contribution in [2.24, 2.45) is 0 Å². The number of aromatic nitrogens is 4. The summed E-state index contributed by atoms with van der Waals surface area (Å²) >= 11 is 0. The summed E-state index contributed by atoms with van der Waals surface area (Å²) in [5.41, 5.74) is 5.91. The number of rotatable bonds is 7. The molecule has 0 aliphatic rings. The van der Waals surface area contributed by atoms with Gasteiger partial charge >= 0.3 is 0 Å². The Labute approximate surface area is 181 Å². The van der Waals surface area contributed by atoms with E-state index in [4.69, 9.17) is 4.74 Å². The van der Waals surface area contributed by atoms with Crippen LogP contribution in [0.3, 0.4) is 0 Å². The van der Waals surface area contributed by atoms with Crippen LogP contribution >= 0.6 is 0 Å². The first-order valence-corrected chi connectivity index (χ1v) is 10.5. The number of hydrogen-bond donors (Lipinski definition) is 2. The van der Waals surface area contributed by atoms with Crippen LogP contribution in [0.4, 0.5) is 0 Å². The van der Waals surface area contributed by atoms with Gasteiger partial charge in [0.15, 0.2) is 5.82 Å². The second-order valence-corrected chi connectivity index (χ2v) is 7.63. The van der Waals surface area contributed by atoms with E-state index in [-0.39, 0.29) is 5.56 Å². The predicted octanol–water partition coefficient (Wildman–Crippen LogP) is 5.29. The molecule has 0 saturated heterocycles. The van der Waals surface area contributed by atoms with Gasteiger partial charge in [-0.1, -0.05) is 43.2 Å². The molecule has 4 aromatic rings. The van der Waals surface area contributed by atoms with E-state index in [9.17, 15) is 4.79 Å². The first-order valence-electron chi connectivity index (χ1n) is 10.5. The Kier molecular flexibility index (Phi) is 5.98. The summed E-state index contributed by atoms with van der Waals surface area (Å²) in [5, 5.41) is 7.97. The van der Waals surface area contributed by atoms with Crippen LogP contribution in [0.2, 0.25) is 0 Å². The van der Waals surface area contributed by atoms with Gasteiger partial charge < -0.3 is 14.7 Å². The Morgan fingerprint density at radius 1 is 0.935 bits per heavy atom. The molecule has 6 heteroatoms. The van der Waals surface area contributed by atoms with Gasteiger partial charge in [-0.25, -0.2) is 0 Å². The third kappa shape index (κ3) is 4.28. The summed E-state index contributed by atoms with van der Waals surface area (Å²) in [4.78, 5) is 19.2. The number of nitrogens with zero attached hydrogens (tertiary/aromatic N) is 2. The SMILES string of the molecule is CCCCOc1ccc(-c2[nH]c(=O)c(-c3nnc[nH]3)c(-c3ccc(C)cc3)c2C)cc1. The first-order chi connectivity index (χ1) is 15.1. The summed E-state index contributed by atoms with van der Waals surface area (Å²) in [6, 6.07) is 16.0. The lowest BCUT2D eigenvalue weighted by Gasteiger charge is -2.16. The van der Waals surface area contributed by atoms with E-state index in [0.717, 1.165) is 52.1 Å². The highest BCUT2D eigenvalue weighted by molar-refractivity contribution is 5.86. The zero-order valence-corrected chi connectivity index (χ0v) is 18.0. The largest absolute Gasteiger partial charge is 0.494 e. The highest BCUT2D eigenvalue weighted by Crippen LogP contribution is 2.35. The van der Waals surface area contributed by atoms with Crippen molar-refractivity contribution in [1.82, 2.24) is 20.2 Å². The Morgan fingerprint density at radius 3 is 2.29 bits per heavy atom. The van der Waals surface area contributed by atoms with Gasteiger partial charge in [0.25, 0.3) is 5.56 Å². The van der Waals surface area contributed by atoms with Gasteiger partial charge in [-0.3, -0.25) is 4.79 Å². The molecule has 4 rings (SSSR count). The fourth-order valence-electron chi connectivity index (χ4n) is 3.67. The molecule has 0 bridgehead atoms. The average Bonchev–Trinajstić information content (AvgIpc) is 3.31. The number of aryl methyl sites for hydroxylation is 1. The highest BCUT2D eigenvalue weighted by atomic mass is 16.5. The van der Waals surface area contributed by atoms with Gasteiger partial charge in [0, 0.05) is 5.56 Å². The maximum atomic E-state index is 13.2. The van der Waals surface area contributed by atoms with Crippen LogP contribution in [-0.2, 0) is 0 Å². The van der Waals surface area contributed by atoms with E-state index < -0.39 is 0 Å². The Hall–Kier alpha value is -3.67. The number of benzene rings is 2. The van der Waals surface area contributed by atoms with Gasteiger partial charge in [-0.2, -0.15) is 0 Å². The van der Waals surface area contributed by atoms with Crippen molar-refractivity contribution >= 4 is 0 Å². The van der Waals surface area contributed by atoms with Crippen LogP contribution in [-0.4, -0.2) is 26.8 Å². The predicted molar refractivity (Wildman–Crippen MR) is 123 cm³/mol. The Balaban J connectivity index is 1.84. The Bertz CT molecular complexity index is 1210. The molecule has 0 aliphatic heterocycles. The minimum absolute atomic E-state index is 0.212. The third-order valence-electron chi connectivity index (χ3n) is 5.37. The number of pyridine rings is 1. The molecule has 0 saturated carbocycles. The van der Waals surface area contributed by atoms with E-state index in [2.05, 4.69) is 27.1 Å². The van der Waals surface area contributed by atoms with E-state index in [1.807, 2.05) is 62.4 Å². The van der Waals surface area contributed by atoms with Crippen molar-refractivity contribution in [3.63, 3.8) is 0 Å². The minimum atomic E-state index is -0.212. The fraction of sp³-hybridized carbons (Fsp3) is 0.240. The fourth-order valence-corrected chi connectivity index (χ4v) is 3.67. The summed E-state index contributed by atoms with van der Waals surface area (Å²) in [6.07, 6.45) is 3.60. The second kappa shape index (κ2) is 9.00.